The molecule has 0 aliphatic heterocycles. The predicted molar refractivity (Wildman–Crippen MR) is 115 cm³/mol. The Bertz CT molecular complexity index is 990. The zero-order valence-electron chi connectivity index (χ0n) is 17.7. The number of phenols is 5. The summed E-state index contributed by atoms with van der Waals surface area (Å²) < 4.78 is 5.44. The number of benzene rings is 1. The number of nitrogens with one attached hydrogen (secondary N) is 1. The Balaban J connectivity index is 2.57. The van der Waals surface area contributed by atoms with Crippen molar-refractivity contribution < 1.29 is 35.1 Å². The molecular formula is C20H25N3O7S. The molecule has 11 heteroatoms. The van der Waals surface area contributed by atoms with Crippen LogP contribution in [0.15, 0.2) is 17.7 Å². The fourth-order valence-electron chi connectivity index (χ4n) is 2.35. The minimum Gasteiger partial charge on any atom is -0.502 e. The van der Waals surface area contributed by atoms with Gasteiger partial charge in [0.25, 0.3) is 5.91 Å². The lowest BCUT2D eigenvalue weighted by Crippen LogP contribution is -2.32. The van der Waals surface area contributed by atoms with Crippen LogP contribution in [0.1, 0.15) is 43.9 Å². The maximum Gasteiger partial charge on any atom is 0.258 e. The molecule has 10 nitrogen and oxygen atoms in total. The third-order valence-corrected chi connectivity index (χ3v) is 4.49. The molecule has 0 aliphatic carbocycles. The van der Waals surface area contributed by atoms with Crippen LogP contribution in [0.4, 0.5) is 0 Å². The summed E-state index contributed by atoms with van der Waals surface area (Å²) in [5.74, 6) is -6.90. The normalized spacial score (nSPS) is 12.7. The van der Waals surface area contributed by atoms with Crippen LogP contribution in [-0.4, -0.2) is 53.7 Å². The second-order valence-corrected chi connectivity index (χ2v) is 8.41. The smallest absolute Gasteiger partial charge is 0.258 e. The van der Waals surface area contributed by atoms with Gasteiger partial charge in [-0.15, -0.1) is 11.8 Å². The third-order valence-electron chi connectivity index (χ3n) is 4.06. The van der Waals surface area contributed by atoms with Crippen molar-refractivity contribution >= 4 is 17.7 Å². The monoisotopic (exact) mass is 451 g/mol. The Labute approximate surface area is 183 Å². The van der Waals surface area contributed by atoms with E-state index < -0.39 is 45.8 Å². The van der Waals surface area contributed by atoms with E-state index in [0.29, 0.717) is 5.82 Å². The van der Waals surface area contributed by atoms with Crippen LogP contribution in [0.5, 0.6) is 40.4 Å². The second kappa shape index (κ2) is 9.21. The summed E-state index contributed by atoms with van der Waals surface area (Å²) in [6.45, 7) is 7.24. The van der Waals surface area contributed by atoms with Gasteiger partial charge in [-0.25, -0.2) is 4.98 Å². The summed E-state index contributed by atoms with van der Waals surface area (Å²) in [4.78, 5) is 21.2. The fourth-order valence-corrected chi connectivity index (χ4v) is 2.74. The molecule has 2 aromatic rings. The van der Waals surface area contributed by atoms with E-state index in [9.17, 15) is 30.3 Å². The van der Waals surface area contributed by atoms with Crippen molar-refractivity contribution in [3.8, 4) is 40.4 Å². The van der Waals surface area contributed by atoms with E-state index in [1.165, 1.54) is 18.0 Å². The number of phenolic OH excluding ortho intramolecular Hbond substituents is 5. The van der Waals surface area contributed by atoms with Crippen LogP contribution < -0.4 is 10.1 Å². The number of hydrogen-bond acceptors (Lipinski definition) is 10. The largest absolute Gasteiger partial charge is 0.502 e. The third kappa shape index (κ3) is 5.23. The number of aromatic nitrogens is 2. The summed E-state index contributed by atoms with van der Waals surface area (Å²) in [5, 5.41) is 53.8. The van der Waals surface area contributed by atoms with Crippen LogP contribution >= 0.6 is 11.8 Å². The first kappa shape index (κ1) is 23.9. The Hall–Kier alpha value is -3.34. The average Bonchev–Trinajstić information content (AvgIpc) is 2.71. The molecule has 6 N–H and O–H groups in total. The first-order chi connectivity index (χ1) is 14.4. The molecule has 0 bridgehead atoms. The van der Waals surface area contributed by atoms with Gasteiger partial charge in [-0.2, -0.15) is 4.98 Å². The van der Waals surface area contributed by atoms with Crippen molar-refractivity contribution in [3.63, 3.8) is 0 Å². The summed E-state index contributed by atoms with van der Waals surface area (Å²) in [6.07, 6.45) is 4.87. The Morgan fingerprint density at radius 1 is 1.10 bits per heavy atom. The molecule has 0 radical (unpaired) electrons. The first-order valence-corrected chi connectivity index (χ1v) is 10.4. The van der Waals surface area contributed by atoms with E-state index in [0.717, 1.165) is 0 Å². The number of carbonyl (C=O) groups excluding carboxylic acids is 1. The highest BCUT2D eigenvalue weighted by Crippen LogP contribution is 2.56. The Morgan fingerprint density at radius 3 is 2.16 bits per heavy atom. The van der Waals surface area contributed by atoms with E-state index in [1.807, 2.05) is 27.0 Å². The SMILES string of the molecule is CS/C=C/C(C)NC(=O)c1cnc(C(C)(C)C)nc1Oc1c(O)c(O)c(O)c(O)c1O. The average molecular weight is 452 g/mol. The summed E-state index contributed by atoms with van der Waals surface area (Å²) in [6, 6.07) is -0.335. The highest BCUT2D eigenvalue weighted by atomic mass is 32.2. The summed E-state index contributed by atoms with van der Waals surface area (Å²) >= 11 is 1.46. The van der Waals surface area contributed by atoms with Crippen molar-refractivity contribution in [2.24, 2.45) is 0 Å². The maximum absolute atomic E-state index is 12.8. The minimum absolute atomic E-state index is 0.122. The minimum atomic E-state index is -1.13. The topological polar surface area (TPSA) is 165 Å². The van der Waals surface area contributed by atoms with Gasteiger partial charge in [-0.1, -0.05) is 26.8 Å². The quantitative estimate of drug-likeness (QED) is 0.284. The molecule has 1 aromatic heterocycles. The Morgan fingerprint density at radius 2 is 1.65 bits per heavy atom. The van der Waals surface area contributed by atoms with Crippen molar-refractivity contribution in [3.05, 3.63) is 29.1 Å². The molecule has 0 aliphatic rings. The van der Waals surface area contributed by atoms with Crippen molar-refractivity contribution in [1.82, 2.24) is 15.3 Å². The van der Waals surface area contributed by atoms with Crippen LogP contribution in [0.3, 0.4) is 0 Å². The zero-order chi connectivity index (χ0) is 23.5. The summed E-state index contributed by atoms with van der Waals surface area (Å²) in [7, 11) is 0. The van der Waals surface area contributed by atoms with Gasteiger partial charge in [0.1, 0.15) is 11.4 Å². The molecule has 1 aromatic carbocycles. The van der Waals surface area contributed by atoms with E-state index in [4.69, 9.17) is 4.74 Å². The lowest BCUT2D eigenvalue weighted by molar-refractivity contribution is 0.0943. The van der Waals surface area contributed by atoms with Gasteiger partial charge in [0, 0.05) is 17.7 Å². The molecule has 1 amide bonds. The zero-order valence-corrected chi connectivity index (χ0v) is 18.5. The van der Waals surface area contributed by atoms with E-state index in [1.54, 1.807) is 18.4 Å². The van der Waals surface area contributed by atoms with Gasteiger partial charge in [-0.05, 0) is 18.6 Å². The molecular weight excluding hydrogens is 426 g/mol. The van der Waals surface area contributed by atoms with Crippen LogP contribution in [0.25, 0.3) is 0 Å². The van der Waals surface area contributed by atoms with Gasteiger partial charge in [-0.3, -0.25) is 4.79 Å². The maximum atomic E-state index is 12.8. The number of hydrogen-bond donors (Lipinski definition) is 6. The standard InChI is InChI=1S/C20H25N3O7S/c1-9(6-7-31-5)22-17(29)10-8-21-19(20(2,3)4)23-18(10)30-16-14(27)12(25)11(24)13(26)15(16)28/h6-9,24-28H,1-5H3,(H,22,29)/b7-6+. The lowest BCUT2D eigenvalue weighted by Gasteiger charge is -2.20. The van der Waals surface area contributed by atoms with Gasteiger partial charge in [0.05, 0.1) is 0 Å². The predicted octanol–water partition coefficient (Wildman–Crippen LogP) is 3.09. The number of carbonyl (C=O) groups is 1. The summed E-state index contributed by atoms with van der Waals surface area (Å²) in [5.41, 5.74) is -0.659. The van der Waals surface area contributed by atoms with E-state index in [2.05, 4.69) is 15.3 Å². The molecule has 1 atom stereocenters. The van der Waals surface area contributed by atoms with Gasteiger partial charge < -0.3 is 35.6 Å². The molecule has 168 valence electrons. The Kier molecular flexibility index (Phi) is 7.11. The van der Waals surface area contributed by atoms with E-state index >= 15 is 0 Å². The molecule has 1 heterocycles. The molecule has 31 heavy (non-hydrogen) atoms. The molecule has 1 unspecified atom stereocenters. The van der Waals surface area contributed by atoms with Crippen molar-refractivity contribution in [2.45, 2.75) is 39.2 Å². The van der Waals surface area contributed by atoms with Gasteiger partial charge >= 0.3 is 0 Å². The lowest BCUT2D eigenvalue weighted by atomic mass is 9.95. The van der Waals surface area contributed by atoms with E-state index in [-0.39, 0.29) is 17.5 Å². The number of aromatic hydroxyl groups is 5. The fraction of sp³-hybridized carbons (Fsp3) is 0.350. The highest BCUT2D eigenvalue weighted by molar-refractivity contribution is 8.01. The van der Waals surface area contributed by atoms with Gasteiger partial charge in [0.15, 0.2) is 0 Å². The number of ether oxygens (including phenoxy) is 1. The molecule has 0 saturated heterocycles. The number of rotatable bonds is 6. The first-order valence-electron chi connectivity index (χ1n) is 9.12. The molecule has 0 spiro atoms. The molecule has 2 rings (SSSR count). The van der Waals surface area contributed by atoms with Gasteiger partial charge in [0.2, 0.25) is 40.4 Å². The molecule has 0 saturated carbocycles. The van der Waals surface area contributed by atoms with Crippen LogP contribution in [0, 0.1) is 0 Å². The number of thioether (sulfide) groups is 1. The van der Waals surface area contributed by atoms with Crippen molar-refractivity contribution in [1.29, 1.82) is 0 Å². The molecule has 0 fully saturated rings. The highest BCUT2D eigenvalue weighted by Gasteiger charge is 2.29. The number of nitrogens with zero attached hydrogens (tertiary/aromatic N) is 2. The van der Waals surface area contributed by atoms with Crippen LogP contribution in [0.2, 0.25) is 0 Å². The number of amides is 1. The van der Waals surface area contributed by atoms with Crippen molar-refractivity contribution in [2.75, 3.05) is 6.26 Å². The van der Waals surface area contributed by atoms with Crippen LogP contribution in [-0.2, 0) is 5.41 Å². The second-order valence-electron chi connectivity index (χ2n) is 7.66.